The molecule has 2 rings (SSSR count). The van der Waals surface area contributed by atoms with Gasteiger partial charge in [-0.25, -0.2) is 0 Å². The SMILES string of the molecule is COc1ccccc1C=CC(=O)NCCN1CCCCC1. The van der Waals surface area contributed by atoms with Crippen molar-refractivity contribution >= 4 is 12.0 Å². The van der Waals surface area contributed by atoms with E-state index in [9.17, 15) is 4.79 Å². The molecule has 1 aliphatic heterocycles. The number of hydrogen-bond donors (Lipinski definition) is 1. The number of benzene rings is 1. The molecule has 21 heavy (non-hydrogen) atoms. The predicted octanol–water partition coefficient (Wildman–Crippen LogP) is 2.31. The van der Waals surface area contributed by atoms with Gasteiger partial charge in [0.1, 0.15) is 5.75 Å². The predicted molar refractivity (Wildman–Crippen MR) is 85.3 cm³/mol. The second kappa shape index (κ2) is 8.47. The maximum atomic E-state index is 11.8. The van der Waals surface area contributed by atoms with Gasteiger partial charge < -0.3 is 15.0 Å². The van der Waals surface area contributed by atoms with Crippen LogP contribution in [0.2, 0.25) is 0 Å². The van der Waals surface area contributed by atoms with E-state index in [0.29, 0.717) is 6.54 Å². The lowest BCUT2D eigenvalue weighted by molar-refractivity contribution is -0.116. The van der Waals surface area contributed by atoms with Crippen molar-refractivity contribution in [2.75, 3.05) is 33.3 Å². The molecular weight excluding hydrogens is 264 g/mol. The molecule has 4 heteroatoms. The van der Waals surface area contributed by atoms with Crippen LogP contribution in [-0.2, 0) is 4.79 Å². The molecule has 0 aromatic heterocycles. The zero-order valence-corrected chi connectivity index (χ0v) is 12.7. The Morgan fingerprint density at radius 1 is 1.29 bits per heavy atom. The van der Waals surface area contributed by atoms with E-state index >= 15 is 0 Å². The molecule has 4 nitrogen and oxygen atoms in total. The Balaban J connectivity index is 1.74. The lowest BCUT2D eigenvalue weighted by Crippen LogP contribution is -2.37. The third-order valence-electron chi connectivity index (χ3n) is 3.73. The standard InChI is InChI=1S/C17H24N2O2/c1-21-16-8-4-3-7-15(16)9-10-17(20)18-11-14-19-12-5-2-6-13-19/h3-4,7-10H,2,5-6,11-14H2,1H3,(H,18,20). The molecule has 1 heterocycles. The second-order valence-electron chi connectivity index (χ2n) is 5.27. The number of likely N-dealkylation sites (tertiary alicyclic amines) is 1. The van der Waals surface area contributed by atoms with Gasteiger partial charge in [-0.3, -0.25) is 4.79 Å². The molecule has 0 radical (unpaired) electrons. The van der Waals surface area contributed by atoms with Crippen LogP contribution in [0.5, 0.6) is 5.75 Å². The molecule has 1 N–H and O–H groups in total. The van der Waals surface area contributed by atoms with Crippen LogP contribution in [0.15, 0.2) is 30.3 Å². The number of hydrogen-bond acceptors (Lipinski definition) is 3. The zero-order valence-electron chi connectivity index (χ0n) is 12.7. The lowest BCUT2D eigenvalue weighted by Gasteiger charge is -2.26. The highest BCUT2D eigenvalue weighted by molar-refractivity contribution is 5.92. The summed E-state index contributed by atoms with van der Waals surface area (Å²) in [6.45, 7) is 3.96. The Labute approximate surface area is 126 Å². The molecule has 0 aliphatic carbocycles. The van der Waals surface area contributed by atoms with Crippen LogP contribution < -0.4 is 10.1 Å². The van der Waals surface area contributed by atoms with Crippen LogP contribution in [0.4, 0.5) is 0 Å². The van der Waals surface area contributed by atoms with Crippen LogP contribution in [-0.4, -0.2) is 44.1 Å². The Bertz CT molecular complexity index is 479. The quantitative estimate of drug-likeness (QED) is 0.817. The van der Waals surface area contributed by atoms with Gasteiger partial charge in [-0.05, 0) is 38.1 Å². The minimum Gasteiger partial charge on any atom is -0.496 e. The van der Waals surface area contributed by atoms with Crippen LogP contribution >= 0.6 is 0 Å². The first kappa shape index (κ1) is 15.6. The first-order chi connectivity index (χ1) is 10.3. The van der Waals surface area contributed by atoms with Crippen LogP contribution in [0.3, 0.4) is 0 Å². The van der Waals surface area contributed by atoms with E-state index in [-0.39, 0.29) is 5.91 Å². The summed E-state index contributed by atoms with van der Waals surface area (Å²) in [5, 5.41) is 2.93. The van der Waals surface area contributed by atoms with E-state index in [2.05, 4.69) is 10.2 Å². The summed E-state index contributed by atoms with van der Waals surface area (Å²) in [5.74, 6) is 0.716. The van der Waals surface area contributed by atoms with Gasteiger partial charge in [0.2, 0.25) is 5.91 Å². The number of carbonyl (C=O) groups excluding carboxylic acids is 1. The van der Waals surface area contributed by atoms with Crippen molar-refractivity contribution in [3.05, 3.63) is 35.9 Å². The number of carbonyl (C=O) groups is 1. The van der Waals surface area contributed by atoms with E-state index in [1.165, 1.54) is 19.3 Å². The van der Waals surface area contributed by atoms with Gasteiger partial charge in [0.05, 0.1) is 7.11 Å². The van der Waals surface area contributed by atoms with Crippen LogP contribution in [0.1, 0.15) is 24.8 Å². The monoisotopic (exact) mass is 288 g/mol. The third-order valence-corrected chi connectivity index (χ3v) is 3.73. The van der Waals surface area contributed by atoms with Crippen molar-refractivity contribution in [2.45, 2.75) is 19.3 Å². The topological polar surface area (TPSA) is 41.6 Å². The van der Waals surface area contributed by atoms with E-state index in [1.54, 1.807) is 19.3 Å². The largest absolute Gasteiger partial charge is 0.496 e. The zero-order chi connectivity index (χ0) is 14.9. The van der Waals surface area contributed by atoms with Crippen molar-refractivity contribution < 1.29 is 9.53 Å². The highest BCUT2D eigenvalue weighted by atomic mass is 16.5. The molecule has 1 aromatic carbocycles. The molecule has 1 saturated heterocycles. The van der Waals surface area contributed by atoms with Crippen molar-refractivity contribution in [3.63, 3.8) is 0 Å². The number of para-hydroxylation sites is 1. The van der Waals surface area contributed by atoms with Gasteiger partial charge in [0, 0.05) is 24.7 Å². The fourth-order valence-electron chi connectivity index (χ4n) is 2.55. The van der Waals surface area contributed by atoms with Crippen molar-refractivity contribution in [3.8, 4) is 5.75 Å². The van der Waals surface area contributed by atoms with E-state index < -0.39 is 0 Å². The minimum absolute atomic E-state index is 0.0575. The van der Waals surface area contributed by atoms with Gasteiger partial charge in [0.15, 0.2) is 0 Å². The number of amides is 1. The van der Waals surface area contributed by atoms with Crippen molar-refractivity contribution in [2.24, 2.45) is 0 Å². The maximum absolute atomic E-state index is 11.8. The Kier molecular flexibility index (Phi) is 6.28. The number of nitrogens with zero attached hydrogens (tertiary/aromatic N) is 1. The number of ether oxygens (including phenoxy) is 1. The highest BCUT2D eigenvalue weighted by Crippen LogP contribution is 2.18. The Morgan fingerprint density at radius 3 is 2.81 bits per heavy atom. The second-order valence-corrected chi connectivity index (χ2v) is 5.27. The smallest absolute Gasteiger partial charge is 0.244 e. The summed E-state index contributed by atoms with van der Waals surface area (Å²) in [6, 6.07) is 7.65. The van der Waals surface area contributed by atoms with Crippen LogP contribution in [0, 0.1) is 0 Å². The summed E-state index contributed by atoms with van der Waals surface area (Å²) in [7, 11) is 1.63. The van der Waals surface area contributed by atoms with E-state index in [1.807, 2.05) is 24.3 Å². The summed E-state index contributed by atoms with van der Waals surface area (Å²) < 4.78 is 5.25. The van der Waals surface area contributed by atoms with Crippen LogP contribution in [0.25, 0.3) is 6.08 Å². The van der Waals surface area contributed by atoms with Gasteiger partial charge in [-0.15, -0.1) is 0 Å². The molecule has 0 saturated carbocycles. The summed E-state index contributed by atoms with van der Waals surface area (Å²) in [4.78, 5) is 14.2. The number of methoxy groups -OCH3 is 1. The molecular formula is C17H24N2O2. The number of piperidine rings is 1. The fraction of sp³-hybridized carbons (Fsp3) is 0.471. The summed E-state index contributed by atoms with van der Waals surface area (Å²) in [6.07, 6.45) is 7.25. The molecule has 1 fully saturated rings. The molecule has 1 aromatic rings. The summed E-state index contributed by atoms with van der Waals surface area (Å²) in [5.41, 5.74) is 0.909. The number of nitrogens with one attached hydrogen (secondary N) is 1. The van der Waals surface area contributed by atoms with Gasteiger partial charge in [0.25, 0.3) is 0 Å². The van der Waals surface area contributed by atoms with Crippen molar-refractivity contribution in [1.82, 2.24) is 10.2 Å². The first-order valence-corrected chi connectivity index (χ1v) is 7.61. The fourth-order valence-corrected chi connectivity index (χ4v) is 2.55. The maximum Gasteiger partial charge on any atom is 0.244 e. The third kappa shape index (κ3) is 5.23. The first-order valence-electron chi connectivity index (χ1n) is 7.61. The van der Waals surface area contributed by atoms with Gasteiger partial charge in [-0.2, -0.15) is 0 Å². The molecule has 0 unspecified atom stereocenters. The molecule has 0 spiro atoms. The van der Waals surface area contributed by atoms with Crippen molar-refractivity contribution in [1.29, 1.82) is 0 Å². The van der Waals surface area contributed by atoms with Gasteiger partial charge in [-0.1, -0.05) is 24.6 Å². The van der Waals surface area contributed by atoms with Gasteiger partial charge >= 0.3 is 0 Å². The summed E-state index contributed by atoms with van der Waals surface area (Å²) >= 11 is 0. The minimum atomic E-state index is -0.0575. The van der Waals surface area contributed by atoms with E-state index in [4.69, 9.17) is 4.74 Å². The molecule has 114 valence electrons. The Morgan fingerprint density at radius 2 is 2.05 bits per heavy atom. The normalized spacial score (nSPS) is 16.0. The molecule has 1 amide bonds. The molecule has 0 atom stereocenters. The highest BCUT2D eigenvalue weighted by Gasteiger charge is 2.09. The number of rotatable bonds is 6. The lowest BCUT2D eigenvalue weighted by atomic mass is 10.1. The Hall–Kier alpha value is -1.81. The van der Waals surface area contributed by atoms with E-state index in [0.717, 1.165) is 30.9 Å². The average molecular weight is 288 g/mol. The average Bonchev–Trinajstić information content (AvgIpc) is 2.54. The molecule has 0 bridgehead atoms. The molecule has 1 aliphatic rings.